The fourth-order valence-electron chi connectivity index (χ4n) is 6.47. The maximum absolute atomic E-state index is 6.73. The summed E-state index contributed by atoms with van der Waals surface area (Å²) in [6.45, 7) is 24.4. The molecule has 4 atom stereocenters. The zero-order chi connectivity index (χ0) is 37.4. The number of aromatic nitrogens is 7. The van der Waals surface area contributed by atoms with Gasteiger partial charge in [0.2, 0.25) is 11.8 Å². The molecule has 4 aromatic heterocycles. The van der Waals surface area contributed by atoms with Crippen LogP contribution in [0.5, 0.6) is 11.8 Å². The summed E-state index contributed by atoms with van der Waals surface area (Å²) >= 11 is 2.35. The van der Waals surface area contributed by atoms with E-state index in [0.29, 0.717) is 38.1 Å². The zero-order valence-electron chi connectivity index (χ0n) is 32.1. The second kappa shape index (κ2) is 15.9. The molecular formula is C37H55IN8O5Si. The Morgan fingerprint density at radius 3 is 2.63 bits per heavy atom. The molecule has 2 aliphatic heterocycles. The first kappa shape index (κ1) is 38.9. The topological polar surface area (TPSA) is 125 Å². The average Bonchev–Trinajstić information content (AvgIpc) is 3.85. The van der Waals surface area contributed by atoms with Gasteiger partial charge in [0.15, 0.2) is 20.2 Å². The van der Waals surface area contributed by atoms with Crippen LogP contribution in [0.25, 0.3) is 28.2 Å². The first-order valence-corrected chi connectivity index (χ1v) is 22.4. The predicted octanol–water partition coefficient (Wildman–Crippen LogP) is 7.11. The molecule has 52 heavy (non-hydrogen) atoms. The van der Waals surface area contributed by atoms with Gasteiger partial charge in [0.1, 0.15) is 6.10 Å². The van der Waals surface area contributed by atoms with E-state index in [1.54, 1.807) is 10.8 Å². The van der Waals surface area contributed by atoms with Crippen molar-refractivity contribution in [3.8, 4) is 22.9 Å². The summed E-state index contributed by atoms with van der Waals surface area (Å²) in [5.41, 5.74) is 4.33. The lowest BCUT2D eigenvalue weighted by molar-refractivity contribution is -0.0370. The van der Waals surface area contributed by atoms with Gasteiger partial charge in [-0.1, -0.05) is 27.4 Å². The van der Waals surface area contributed by atoms with Crippen LogP contribution in [0.3, 0.4) is 0 Å². The van der Waals surface area contributed by atoms with E-state index >= 15 is 0 Å². The van der Waals surface area contributed by atoms with Crippen LogP contribution in [0.1, 0.15) is 78.4 Å². The molecule has 2 saturated heterocycles. The normalized spacial score (nSPS) is 20.6. The fraction of sp³-hybridized carbons (Fsp3) is 0.622. The highest BCUT2D eigenvalue weighted by molar-refractivity contribution is 14.1. The summed E-state index contributed by atoms with van der Waals surface area (Å²) in [5.74, 6) is 1.29. The molecule has 0 aliphatic carbocycles. The third-order valence-electron chi connectivity index (χ3n) is 10.3. The van der Waals surface area contributed by atoms with Crippen LogP contribution in [0, 0.1) is 3.57 Å². The van der Waals surface area contributed by atoms with Crippen molar-refractivity contribution in [2.45, 2.75) is 123 Å². The molecule has 1 unspecified atom stereocenters. The highest BCUT2D eigenvalue weighted by Crippen LogP contribution is 2.38. The lowest BCUT2D eigenvalue weighted by atomic mass is 10.1. The zero-order valence-corrected chi connectivity index (χ0v) is 35.3. The summed E-state index contributed by atoms with van der Waals surface area (Å²) in [6.07, 6.45) is 8.16. The fourth-order valence-corrected chi connectivity index (χ4v) is 8.61. The average molecular weight is 847 g/mol. The van der Waals surface area contributed by atoms with Gasteiger partial charge in [0, 0.05) is 37.3 Å². The molecule has 6 rings (SSSR count). The predicted molar refractivity (Wildman–Crippen MR) is 213 cm³/mol. The van der Waals surface area contributed by atoms with Gasteiger partial charge in [-0.3, -0.25) is 4.68 Å². The molecule has 2 aliphatic rings. The lowest BCUT2D eigenvalue weighted by Gasteiger charge is -2.38. The van der Waals surface area contributed by atoms with E-state index in [9.17, 15) is 0 Å². The number of aryl methyl sites for hydroxylation is 1. The maximum Gasteiger partial charge on any atom is 0.246 e. The van der Waals surface area contributed by atoms with E-state index in [0.717, 1.165) is 63.0 Å². The molecule has 0 saturated carbocycles. The Labute approximate surface area is 322 Å². The SMILES string of the molecule is C=Cc1nn(C2CCCCO2)c2ncc(-c3cnn(C)c3O[C@H]3COC[C@H]3NCc3c(I)c(OC(C)C)nn3C[C@H](C)O[Si](C)(C)C(C)(C)C)cc12. The number of halogens is 1. The second-order valence-corrected chi connectivity index (χ2v) is 21.6. The van der Waals surface area contributed by atoms with Crippen molar-refractivity contribution in [1.29, 1.82) is 0 Å². The van der Waals surface area contributed by atoms with E-state index in [2.05, 4.69) is 86.4 Å². The van der Waals surface area contributed by atoms with Crippen molar-refractivity contribution in [3.63, 3.8) is 0 Å². The van der Waals surface area contributed by atoms with Crippen molar-refractivity contribution in [2.75, 3.05) is 19.8 Å². The molecule has 0 bridgehead atoms. The number of nitrogens with one attached hydrogen (secondary N) is 1. The molecule has 2 fully saturated rings. The minimum atomic E-state index is -1.96. The second-order valence-electron chi connectivity index (χ2n) is 15.7. The minimum Gasteiger partial charge on any atom is -0.473 e. The Morgan fingerprint density at radius 1 is 1.15 bits per heavy atom. The standard InChI is InChI=1S/C37H55IN8O5Si/c1-11-28-26-16-25(17-40-34(26)46(42-28)32-14-12-13-15-48-32)27-18-41-44(8)36(27)50-31-22-47-21-29(31)39-19-30-33(38)35(49-23(2)3)43-45(30)20-24(4)51-52(9,10)37(5,6)7/h11,16-18,23-24,29,31-32,39H,1,12-15,19-22H2,2-10H3/t24-,29+,31-,32?/m0/s1. The Kier molecular flexibility index (Phi) is 11.9. The van der Waals surface area contributed by atoms with Gasteiger partial charge in [-0.2, -0.15) is 10.2 Å². The van der Waals surface area contributed by atoms with Crippen molar-refractivity contribution >= 4 is 48.0 Å². The summed E-state index contributed by atoms with van der Waals surface area (Å²) < 4.78 is 38.3. The van der Waals surface area contributed by atoms with Crippen molar-refractivity contribution in [1.82, 2.24) is 39.6 Å². The largest absolute Gasteiger partial charge is 0.473 e. The Hall–Kier alpha value is -2.83. The first-order chi connectivity index (χ1) is 24.7. The van der Waals surface area contributed by atoms with E-state index < -0.39 is 8.32 Å². The number of pyridine rings is 1. The summed E-state index contributed by atoms with van der Waals surface area (Å²) in [7, 11) is -0.0692. The van der Waals surface area contributed by atoms with Gasteiger partial charge in [-0.25, -0.2) is 14.3 Å². The molecule has 13 nitrogen and oxygen atoms in total. The minimum absolute atomic E-state index is 0.00837. The highest BCUT2D eigenvalue weighted by Gasteiger charge is 2.39. The summed E-state index contributed by atoms with van der Waals surface area (Å²) in [5, 5.41) is 19.1. The number of ether oxygens (including phenoxy) is 4. The van der Waals surface area contributed by atoms with Crippen LogP contribution in [0.15, 0.2) is 25.0 Å². The van der Waals surface area contributed by atoms with Crippen LogP contribution in [-0.4, -0.2) is 86.8 Å². The Morgan fingerprint density at radius 2 is 1.94 bits per heavy atom. The van der Waals surface area contributed by atoms with Gasteiger partial charge < -0.3 is 28.7 Å². The van der Waals surface area contributed by atoms with Gasteiger partial charge in [-0.05, 0) is 92.9 Å². The molecule has 0 amide bonds. The molecule has 284 valence electrons. The van der Waals surface area contributed by atoms with Gasteiger partial charge in [0.05, 0.1) is 64.7 Å². The Balaban J connectivity index is 1.20. The van der Waals surface area contributed by atoms with Crippen LogP contribution in [-0.2, 0) is 34.0 Å². The maximum atomic E-state index is 6.73. The molecule has 15 heteroatoms. The molecule has 6 heterocycles. The molecule has 0 aromatic carbocycles. The Bertz CT molecular complexity index is 1860. The van der Waals surface area contributed by atoms with Crippen LogP contribution < -0.4 is 14.8 Å². The van der Waals surface area contributed by atoms with Crippen LogP contribution >= 0.6 is 22.6 Å². The third-order valence-corrected chi connectivity index (χ3v) is 15.9. The van der Waals surface area contributed by atoms with Gasteiger partial charge >= 0.3 is 0 Å². The van der Waals surface area contributed by atoms with Crippen molar-refractivity contribution in [3.05, 3.63) is 40.0 Å². The monoisotopic (exact) mass is 846 g/mol. The number of rotatable bonds is 14. The van der Waals surface area contributed by atoms with E-state index in [1.807, 2.05) is 42.7 Å². The number of hydrogen-bond donors (Lipinski definition) is 1. The highest BCUT2D eigenvalue weighted by atomic mass is 127. The van der Waals surface area contributed by atoms with Crippen LogP contribution in [0.2, 0.25) is 18.1 Å². The van der Waals surface area contributed by atoms with Crippen molar-refractivity contribution < 1.29 is 23.4 Å². The third kappa shape index (κ3) is 8.28. The molecule has 1 N–H and O–H groups in total. The number of fused-ring (bicyclic) bond motifs is 1. The van der Waals surface area contributed by atoms with Crippen LogP contribution in [0.4, 0.5) is 0 Å². The lowest BCUT2D eigenvalue weighted by Crippen LogP contribution is -2.44. The number of nitrogens with zero attached hydrogens (tertiary/aromatic N) is 7. The molecular weight excluding hydrogens is 791 g/mol. The summed E-state index contributed by atoms with van der Waals surface area (Å²) in [6, 6.07) is 2.02. The van der Waals surface area contributed by atoms with Gasteiger partial charge in [-0.15, -0.1) is 5.10 Å². The summed E-state index contributed by atoms with van der Waals surface area (Å²) in [4.78, 5) is 4.87. The molecule has 0 radical (unpaired) electrons. The van der Waals surface area contributed by atoms with E-state index in [4.69, 9.17) is 38.6 Å². The van der Waals surface area contributed by atoms with E-state index in [-0.39, 0.29) is 35.6 Å². The first-order valence-electron chi connectivity index (χ1n) is 18.4. The molecule has 0 spiro atoms. The smallest absolute Gasteiger partial charge is 0.246 e. The van der Waals surface area contributed by atoms with Crippen molar-refractivity contribution in [2.24, 2.45) is 7.05 Å². The quantitative estimate of drug-likeness (QED) is 0.104. The van der Waals surface area contributed by atoms with Gasteiger partial charge in [0.25, 0.3) is 0 Å². The number of hydrogen-bond acceptors (Lipinski definition) is 10. The van der Waals surface area contributed by atoms with E-state index in [1.165, 1.54) is 0 Å². The molecule has 4 aromatic rings.